The lowest BCUT2D eigenvalue weighted by atomic mass is 9.90. The van der Waals surface area contributed by atoms with Crippen LogP contribution in [0.4, 0.5) is 0 Å². The molecule has 104 valence electrons. The molecule has 6 heteroatoms. The van der Waals surface area contributed by atoms with Crippen LogP contribution >= 0.6 is 27.5 Å². The fourth-order valence-corrected chi connectivity index (χ4v) is 2.23. The predicted octanol–water partition coefficient (Wildman–Crippen LogP) is 3.33. The summed E-state index contributed by atoms with van der Waals surface area (Å²) in [4.78, 5) is 22.8. The largest absolute Gasteiger partial charge is 0.481 e. The van der Waals surface area contributed by atoms with Crippen molar-refractivity contribution in [3.63, 3.8) is 0 Å². The van der Waals surface area contributed by atoms with E-state index >= 15 is 0 Å². The second kappa shape index (κ2) is 6.39. The first-order valence-corrected chi connectivity index (χ1v) is 6.88. The summed E-state index contributed by atoms with van der Waals surface area (Å²) in [6.45, 7) is 3.55. The fourth-order valence-electron chi connectivity index (χ4n) is 1.36. The number of rotatable bonds is 5. The van der Waals surface area contributed by atoms with Gasteiger partial charge in [0.1, 0.15) is 0 Å². The smallest absolute Gasteiger partial charge is 0.309 e. The number of carbonyl (C=O) groups excluding carboxylic acids is 1. The zero-order valence-electron chi connectivity index (χ0n) is 10.7. The fraction of sp³-hybridized carbons (Fsp3) is 0.385. The number of hydrogen-bond acceptors (Lipinski definition) is 2. The first-order valence-electron chi connectivity index (χ1n) is 5.70. The lowest BCUT2D eigenvalue weighted by Crippen LogP contribution is -2.32. The molecular weight excluding hydrogens is 334 g/mol. The van der Waals surface area contributed by atoms with Gasteiger partial charge in [0.15, 0.2) is 0 Å². The molecule has 1 amide bonds. The Hall–Kier alpha value is -1.07. The third kappa shape index (κ3) is 4.51. The zero-order chi connectivity index (χ0) is 14.6. The Morgan fingerprint density at radius 1 is 1.42 bits per heavy atom. The molecule has 0 saturated heterocycles. The third-order valence-corrected chi connectivity index (χ3v) is 3.68. The van der Waals surface area contributed by atoms with Gasteiger partial charge in [0.05, 0.1) is 11.0 Å². The molecule has 0 unspecified atom stereocenters. The highest BCUT2D eigenvalue weighted by Crippen LogP contribution is 2.22. The van der Waals surface area contributed by atoms with E-state index in [1.54, 1.807) is 32.0 Å². The van der Waals surface area contributed by atoms with Gasteiger partial charge in [0, 0.05) is 16.0 Å². The summed E-state index contributed by atoms with van der Waals surface area (Å²) in [7, 11) is 0. The molecule has 0 radical (unpaired) electrons. The Bertz CT molecular complexity index is 503. The van der Waals surface area contributed by atoms with Crippen LogP contribution in [0.2, 0.25) is 5.02 Å². The lowest BCUT2D eigenvalue weighted by molar-refractivity contribution is -0.147. The summed E-state index contributed by atoms with van der Waals surface area (Å²) in [6.07, 6.45) is 0.360. The first-order chi connectivity index (χ1) is 8.74. The molecule has 0 spiro atoms. The van der Waals surface area contributed by atoms with Crippen molar-refractivity contribution in [2.75, 3.05) is 6.54 Å². The highest BCUT2D eigenvalue weighted by atomic mass is 79.9. The highest BCUT2D eigenvalue weighted by molar-refractivity contribution is 9.10. The Labute approximate surface area is 125 Å². The van der Waals surface area contributed by atoms with Crippen molar-refractivity contribution in [3.05, 3.63) is 33.3 Å². The molecule has 0 fully saturated rings. The molecule has 19 heavy (non-hydrogen) atoms. The SMILES string of the molecule is CC(C)(CCNC(=O)c1ccc(Cl)cc1Br)C(=O)O. The molecule has 1 aromatic carbocycles. The summed E-state index contributed by atoms with van der Waals surface area (Å²) in [5.41, 5.74) is -0.387. The number of amides is 1. The number of carboxylic acids is 1. The van der Waals surface area contributed by atoms with E-state index < -0.39 is 11.4 Å². The van der Waals surface area contributed by atoms with Crippen molar-refractivity contribution in [3.8, 4) is 0 Å². The van der Waals surface area contributed by atoms with E-state index in [0.717, 1.165) is 0 Å². The molecular formula is C13H15BrClNO3. The van der Waals surface area contributed by atoms with E-state index in [1.807, 2.05) is 0 Å². The van der Waals surface area contributed by atoms with E-state index in [4.69, 9.17) is 16.7 Å². The Balaban J connectivity index is 2.59. The summed E-state index contributed by atoms with van der Waals surface area (Å²) in [5, 5.41) is 12.2. The number of hydrogen-bond donors (Lipinski definition) is 2. The van der Waals surface area contributed by atoms with Gasteiger partial charge in [-0.3, -0.25) is 9.59 Å². The number of halogens is 2. The molecule has 1 rings (SSSR count). The topological polar surface area (TPSA) is 66.4 Å². The van der Waals surface area contributed by atoms with Crippen LogP contribution in [0.5, 0.6) is 0 Å². The Kier molecular flexibility index (Phi) is 5.38. The van der Waals surface area contributed by atoms with Crippen molar-refractivity contribution < 1.29 is 14.7 Å². The van der Waals surface area contributed by atoms with E-state index in [-0.39, 0.29) is 5.91 Å². The minimum Gasteiger partial charge on any atom is -0.481 e. The molecule has 0 aliphatic rings. The normalized spacial score (nSPS) is 11.2. The molecule has 2 N–H and O–H groups in total. The number of aliphatic carboxylic acids is 1. The zero-order valence-corrected chi connectivity index (χ0v) is 13.0. The predicted molar refractivity (Wildman–Crippen MR) is 77.5 cm³/mol. The van der Waals surface area contributed by atoms with Crippen LogP contribution in [0.25, 0.3) is 0 Å². The van der Waals surface area contributed by atoms with Crippen LogP contribution in [0.1, 0.15) is 30.6 Å². The number of carboxylic acid groups (broad SMARTS) is 1. The second-order valence-electron chi connectivity index (χ2n) is 4.82. The average molecular weight is 349 g/mol. The van der Waals surface area contributed by atoms with Crippen LogP contribution in [0.15, 0.2) is 22.7 Å². The summed E-state index contributed by atoms with van der Waals surface area (Å²) >= 11 is 9.06. The van der Waals surface area contributed by atoms with Crippen LogP contribution in [0, 0.1) is 5.41 Å². The molecule has 0 aliphatic carbocycles. The van der Waals surface area contributed by atoms with Crippen LogP contribution in [-0.2, 0) is 4.79 Å². The van der Waals surface area contributed by atoms with E-state index in [2.05, 4.69) is 21.2 Å². The maximum Gasteiger partial charge on any atom is 0.309 e. The molecule has 0 atom stereocenters. The van der Waals surface area contributed by atoms with Crippen molar-refractivity contribution in [2.45, 2.75) is 20.3 Å². The molecule has 0 aromatic heterocycles. The average Bonchev–Trinajstić information content (AvgIpc) is 2.28. The van der Waals surface area contributed by atoms with Gasteiger partial charge in [0.25, 0.3) is 5.91 Å². The van der Waals surface area contributed by atoms with Gasteiger partial charge in [-0.15, -0.1) is 0 Å². The van der Waals surface area contributed by atoms with Crippen molar-refractivity contribution >= 4 is 39.4 Å². The number of carbonyl (C=O) groups is 2. The second-order valence-corrected chi connectivity index (χ2v) is 6.11. The molecule has 0 bridgehead atoms. The van der Waals surface area contributed by atoms with Crippen molar-refractivity contribution in [2.24, 2.45) is 5.41 Å². The lowest BCUT2D eigenvalue weighted by Gasteiger charge is -2.19. The van der Waals surface area contributed by atoms with Gasteiger partial charge in [-0.1, -0.05) is 11.6 Å². The highest BCUT2D eigenvalue weighted by Gasteiger charge is 2.26. The molecule has 4 nitrogen and oxygen atoms in total. The molecule has 0 aliphatic heterocycles. The van der Waals surface area contributed by atoms with Gasteiger partial charge >= 0.3 is 5.97 Å². The quantitative estimate of drug-likeness (QED) is 0.857. The van der Waals surface area contributed by atoms with Crippen LogP contribution < -0.4 is 5.32 Å². The summed E-state index contributed by atoms with van der Waals surface area (Å²) in [5.74, 6) is -1.14. The van der Waals surface area contributed by atoms with Gasteiger partial charge in [-0.2, -0.15) is 0 Å². The minimum atomic E-state index is -0.880. The van der Waals surface area contributed by atoms with Gasteiger partial charge < -0.3 is 10.4 Å². The molecule has 0 heterocycles. The molecule has 0 saturated carbocycles. The number of nitrogens with one attached hydrogen (secondary N) is 1. The summed E-state index contributed by atoms with van der Waals surface area (Å²) < 4.78 is 0.606. The van der Waals surface area contributed by atoms with Crippen molar-refractivity contribution in [1.82, 2.24) is 5.32 Å². The standard InChI is InChI=1S/C13H15BrClNO3/c1-13(2,12(18)19)5-6-16-11(17)9-4-3-8(15)7-10(9)14/h3-4,7H,5-6H2,1-2H3,(H,16,17)(H,18,19). The van der Waals surface area contributed by atoms with E-state index in [0.29, 0.717) is 28.0 Å². The molecule has 1 aromatic rings. The summed E-state index contributed by atoms with van der Waals surface area (Å²) in [6, 6.07) is 4.88. The maximum atomic E-state index is 11.9. The maximum absolute atomic E-state index is 11.9. The monoisotopic (exact) mass is 347 g/mol. The Morgan fingerprint density at radius 3 is 2.58 bits per heavy atom. The van der Waals surface area contributed by atoms with Gasteiger partial charge in [0.2, 0.25) is 0 Å². The van der Waals surface area contributed by atoms with Crippen molar-refractivity contribution in [1.29, 1.82) is 0 Å². The minimum absolute atomic E-state index is 0.260. The van der Waals surface area contributed by atoms with Crippen LogP contribution in [-0.4, -0.2) is 23.5 Å². The van der Waals surface area contributed by atoms with Gasteiger partial charge in [-0.05, 0) is 54.4 Å². The van der Waals surface area contributed by atoms with Crippen LogP contribution in [0.3, 0.4) is 0 Å². The first kappa shape index (κ1) is 16.0. The third-order valence-electron chi connectivity index (χ3n) is 2.79. The Morgan fingerprint density at radius 2 is 2.05 bits per heavy atom. The van der Waals surface area contributed by atoms with E-state index in [1.165, 1.54) is 0 Å². The van der Waals surface area contributed by atoms with E-state index in [9.17, 15) is 9.59 Å². The number of benzene rings is 1. The van der Waals surface area contributed by atoms with Gasteiger partial charge in [-0.25, -0.2) is 0 Å².